The minimum absolute atomic E-state index is 0.0836. The number of carbonyl (C=O) groups is 1. The van der Waals surface area contributed by atoms with Crippen molar-refractivity contribution in [2.24, 2.45) is 10.9 Å². The smallest absolute Gasteiger partial charge is 0.308 e. The number of nitrogens with zero attached hydrogens (tertiary/aromatic N) is 5. The van der Waals surface area contributed by atoms with E-state index in [1.54, 1.807) is 11.3 Å². The van der Waals surface area contributed by atoms with Gasteiger partial charge in [0.2, 0.25) is 0 Å². The van der Waals surface area contributed by atoms with Crippen LogP contribution in [0.4, 0.5) is 5.69 Å². The van der Waals surface area contributed by atoms with Gasteiger partial charge in [-0.15, -0.1) is 21.5 Å². The molecule has 0 unspecified atom stereocenters. The monoisotopic (exact) mass is 507 g/mol. The molecule has 2 aliphatic rings. The fourth-order valence-corrected chi connectivity index (χ4v) is 6.01. The Labute approximate surface area is 215 Å². The Morgan fingerprint density at radius 1 is 1.14 bits per heavy atom. The highest BCUT2D eigenvalue weighted by Crippen LogP contribution is 2.40. The summed E-state index contributed by atoms with van der Waals surface area (Å²) in [6, 6.07) is 7.90. The van der Waals surface area contributed by atoms with Crippen LogP contribution < -0.4 is 4.90 Å². The molecule has 8 nitrogen and oxygen atoms in total. The molecule has 9 heteroatoms. The van der Waals surface area contributed by atoms with E-state index in [4.69, 9.17) is 9.73 Å². The number of hydrogen-bond donors (Lipinski definition) is 1. The van der Waals surface area contributed by atoms with E-state index in [0.29, 0.717) is 11.7 Å². The first kappa shape index (κ1) is 24.6. The Hall–Kier alpha value is -3.04. The molecule has 1 fully saturated rings. The molecule has 3 aromatic rings. The molecule has 0 bridgehead atoms. The molecular formula is C27H33N5O3S. The zero-order valence-electron chi connectivity index (χ0n) is 21.7. The van der Waals surface area contributed by atoms with Crippen LogP contribution in [-0.2, 0) is 9.53 Å². The van der Waals surface area contributed by atoms with Crippen molar-refractivity contribution in [1.82, 2.24) is 14.8 Å². The SMILES string of the molecule is Cc1sc2c(c1C)C(c1ccc(N3CC(CO)C3)cc1)=N[C@@H](CC(=O)OC(C)(C)C)c1nnc(C)n1-2. The molecule has 36 heavy (non-hydrogen) atoms. The van der Waals surface area contributed by atoms with Crippen LogP contribution in [0.1, 0.15) is 66.5 Å². The van der Waals surface area contributed by atoms with Crippen molar-refractivity contribution in [3.8, 4) is 5.00 Å². The molecule has 0 amide bonds. The second-order valence-corrected chi connectivity index (χ2v) is 11.9. The topological polar surface area (TPSA) is 92.8 Å². The van der Waals surface area contributed by atoms with Gasteiger partial charge >= 0.3 is 5.97 Å². The molecule has 0 spiro atoms. The number of aliphatic hydroxyl groups excluding tert-OH is 1. The summed E-state index contributed by atoms with van der Waals surface area (Å²) in [5.74, 6) is 1.46. The molecule has 1 atom stereocenters. The fourth-order valence-electron chi connectivity index (χ4n) is 4.79. The molecule has 190 valence electrons. The summed E-state index contributed by atoms with van der Waals surface area (Å²) < 4.78 is 7.69. The van der Waals surface area contributed by atoms with Gasteiger partial charge in [-0.25, -0.2) is 0 Å². The first-order valence-corrected chi connectivity index (χ1v) is 13.2. The second-order valence-electron chi connectivity index (χ2n) is 10.7. The number of carbonyl (C=O) groups excluding carboxylic acids is 1. The lowest BCUT2D eigenvalue weighted by molar-refractivity contribution is -0.155. The van der Waals surface area contributed by atoms with Crippen LogP contribution in [0.3, 0.4) is 0 Å². The van der Waals surface area contributed by atoms with Gasteiger partial charge in [0, 0.05) is 47.3 Å². The van der Waals surface area contributed by atoms with Crippen LogP contribution >= 0.6 is 11.3 Å². The number of aryl methyl sites for hydroxylation is 2. The van der Waals surface area contributed by atoms with Crippen molar-refractivity contribution in [1.29, 1.82) is 0 Å². The fraction of sp³-hybridized carbons (Fsp3) is 0.481. The minimum atomic E-state index is -0.577. The molecule has 1 aromatic carbocycles. The highest BCUT2D eigenvalue weighted by atomic mass is 32.1. The van der Waals surface area contributed by atoms with Crippen molar-refractivity contribution in [2.75, 3.05) is 24.6 Å². The number of aliphatic imine (C=N–C) groups is 1. The quantitative estimate of drug-likeness (QED) is 0.518. The summed E-state index contributed by atoms with van der Waals surface area (Å²) in [5, 5.41) is 19.2. The van der Waals surface area contributed by atoms with Gasteiger partial charge in [0.1, 0.15) is 22.5 Å². The van der Waals surface area contributed by atoms with Crippen molar-refractivity contribution in [3.05, 3.63) is 57.5 Å². The maximum atomic E-state index is 12.9. The van der Waals surface area contributed by atoms with Gasteiger partial charge in [-0.1, -0.05) is 12.1 Å². The number of ether oxygens (including phenoxy) is 1. The second kappa shape index (κ2) is 9.12. The van der Waals surface area contributed by atoms with E-state index in [9.17, 15) is 9.90 Å². The Morgan fingerprint density at radius 2 is 1.83 bits per heavy atom. The maximum Gasteiger partial charge on any atom is 0.308 e. The highest BCUT2D eigenvalue weighted by Gasteiger charge is 2.33. The van der Waals surface area contributed by atoms with Gasteiger partial charge < -0.3 is 14.7 Å². The van der Waals surface area contributed by atoms with Crippen LogP contribution in [-0.4, -0.2) is 56.8 Å². The van der Waals surface area contributed by atoms with Crippen molar-refractivity contribution >= 4 is 28.7 Å². The minimum Gasteiger partial charge on any atom is -0.460 e. The van der Waals surface area contributed by atoms with Gasteiger partial charge in [0.25, 0.3) is 0 Å². The van der Waals surface area contributed by atoms with Crippen LogP contribution in [0.5, 0.6) is 0 Å². The van der Waals surface area contributed by atoms with Crippen LogP contribution in [0.15, 0.2) is 29.3 Å². The van der Waals surface area contributed by atoms with E-state index in [0.717, 1.165) is 46.4 Å². The first-order chi connectivity index (χ1) is 17.1. The third-order valence-electron chi connectivity index (χ3n) is 6.74. The lowest BCUT2D eigenvalue weighted by Crippen LogP contribution is -2.48. The number of esters is 1. The normalized spacial score (nSPS) is 17.7. The van der Waals surface area contributed by atoms with E-state index >= 15 is 0 Å². The summed E-state index contributed by atoms with van der Waals surface area (Å²) in [4.78, 5) is 21.5. The molecule has 0 saturated carbocycles. The molecular weight excluding hydrogens is 474 g/mol. The van der Waals surface area contributed by atoms with Gasteiger partial charge in [0.15, 0.2) is 5.82 Å². The lowest BCUT2D eigenvalue weighted by atomic mass is 9.97. The van der Waals surface area contributed by atoms with Crippen molar-refractivity contribution in [3.63, 3.8) is 0 Å². The van der Waals surface area contributed by atoms with Gasteiger partial charge in [-0.3, -0.25) is 14.4 Å². The number of benzene rings is 1. The zero-order chi connectivity index (χ0) is 25.8. The zero-order valence-corrected chi connectivity index (χ0v) is 22.5. The molecule has 1 N–H and O–H groups in total. The average molecular weight is 508 g/mol. The Balaban J connectivity index is 1.58. The summed E-state index contributed by atoms with van der Waals surface area (Å²) >= 11 is 1.70. The molecule has 0 aliphatic carbocycles. The largest absolute Gasteiger partial charge is 0.460 e. The summed E-state index contributed by atoms with van der Waals surface area (Å²) in [6.45, 7) is 13.7. The van der Waals surface area contributed by atoms with E-state index < -0.39 is 11.6 Å². The average Bonchev–Trinajstić information content (AvgIpc) is 3.24. The van der Waals surface area contributed by atoms with Crippen molar-refractivity contribution in [2.45, 2.75) is 59.6 Å². The number of fused-ring (bicyclic) bond motifs is 3. The summed E-state index contributed by atoms with van der Waals surface area (Å²) in [7, 11) is 0. The number of hydrogen-bond acceptors (Lipinski definition) is 8. The predicted molar refractivity (Wildman–Crippen MR) is 142 cm³/mol. The molecule has 1 saturated heterocycles. The first-order valence-electron chi connectivity index (χ1n) is 12.3. The third kappa shape index (κ3) is 4.46. The molecule has 5 rings (SSSR count). The van der Waals surface area contributed by atoms with E-state index in [2.05, 4.69) is 57.8 Å². The number of thiophene rings is 1. The summed E-state index contributed by atoms with van der Waals surface area (Å²) in [6.07, 6.45) is 0.0836. The number of aromatic nitrogens is 3. The number of aliphatic hydroxyl groups is 1. The maximum absolute atomic E-state index is 12.9. The van der Waals surface area contributed by atoms with E-state index in [1.165, 1.54) is 10.4 Å². The molecule has 2 aromatic heterocycles. The summed E-state index contributed by atoms with van der Waals surface area (Å²) in [5.41, 5.74) is 4.63. The third-order valence-corrected chi connectivity index (χ3v) is 7.93. The van der Waals surface area contributed by atoms with Crippen LogP contribution in [0.2, 0.25) is 0 Å². The van der Waals surface area contributed by atoms with E-state index in [-0.39, 0.29) is 19.0 Å². The van der Waals surface area contributed by atoms with Crippen LogP contribution in [0.25, 0.3) is 5.00 Å². The molecule has 2 aliphatic heterocycles. The predicted octanol–water partition coefficient (Wildman–Crippen LogP) is 4.31. The number of rotatable bonds is 5. The Kier molecular flexibility index (Phi) is 6.24. The highest BCUT2D eigenvalue weighted by molar-refractivity contribution is 7.15. The Bertz CT molecular complexity index is 1330. The van der Waals surface area contributed by atoms with Gasteiger partial charge in [-0.05, 0) is 59.2 Å². The van der Waals surface area contributed by atoms with Gasteiger partial charge in [0.05, 0.1) is 12.1 Å². The van der Waals surface area contributed by atoms with Crippen molar-refractivity contribution < 1.29 is 14.6 Å². The molecule has 0 radical (unpaired) electrons. The van der Waals surface area contributed by atoms with Gasteiger partial charge in [-0.2, -0.15) is 0 Å². The Morgan fingerprint density at radius 3 is 2.47 bits per heavy atom. The van der Waals surface area contributed by atoms with Crippen LogP contribution in [0, 0.1) is 26.7 Å². The standard InChI is InChI=1S/C27H33N5O3S/c1-15-16(2)36-26-23(15)24(19-7-9-20(10-8-19)31-12-18(13-31)14-33)28-21(11-22(34)35-27(4,5)6)25-30-29-17(3)32(25)26/h7-10,18,21,33H,11-14H2,1-6H3/t21-/m0/s1. The number of anilines is 1. The lowest BCUT2D eigenvalue weighted by Gasteiger charge is -2.40. The van der Waals surface area contributed by atoms with E-state index in [1.807, 2.05) is 27.7 Å². The molecule has 4 heterocycles.